The van der Waals surface area contributed by atoms with Crippen molar-refractivity contribution in [3.8, 4) is 11.8 Å². The Morgan fingerprint density at radius 3 is 2.75 bits per heavy atom. The maximum Gasteiger partial charge on any atom is 0.322 e. The predicted octanol–water partition coefficient (Wildman–Crippen LogP) is 4.54. The molecule has 2 aromatic rings. The molecule has 2 N–H and O–H groups in total. The van der Waals surface area contributed by atoms with Gasteiger partial charge in [0, 0.05) is 5.69 Å². The van der Waals surface area contributed by atoms with Crippen LogP contribution in [0.1, 0.15) is 32.1 Å². The minimum Gasteiger partial charge on any atom is -0.507 e. The quantitative estimate of drug-likeness (QED) is 0.504. The van der Waals surface area contributed by atoms with Crippen molar-refractivity contribution in [2.45, 2.75) is 32.1 Å². The number of aromatic nitrogens is 3. The Hall–Kier alpha value is -1.35. The summed E-state index contributed by atoms with van der Waals surface area (Å²) < 4.78 is 6.45. The Labute approximate surface area is 159 Å². The van der Waals surface area contributed by atoms with Crippen LogP contribution in [-0.4, -0.2) is 26.7 Å². The molecule has 1 aromatic heterocycles. The Morgan fingerprint density at radius 1 is 1.21 bits per heavy atom. The number of aromatic hydroxyl groups is 1. The number of phenolic OH excluding ortho intramolecular Hbond substituents is 1. The molecule has 1 aromatic carbocycles. The lowest BCUT2D eigenvalue weighted by Crippen LogP contribution is -2.16. The fourth-order valence-corrected chi connectivity index (χ4v) is 3.38. The number of benzene rings is 1. The van der Waals surface area contributed by atoms with Gasteiger partial charge in [-0.25, -0.2) is 0 Å². The summed E-state index contributed by atoms with van der Waals surface area (Å²) >= 11 is 8.02. The van der Waals surface area contributed by atoms with E-state index in [-0.39, 0.29) is 17.0 Å². The zero-order valence-corrected chi connectivity index (χ0v) is 15.9. The number of nitrogens with one attached hydrogen (secondary N) is 1. The lowest BCUT2D eigenvalue weighted by atomic mass is 9.90. The van der Waals surface area contributed by atoms with Gasteiger partial charge in [-0.3, -0.25) is 0 Å². The molecule has 8 heteroatoms. The molecule has 0 spiro atoms. The van der Waals surface area contributed by atoms with Gasteiger partial charge in [-0.05, 0) is 71.2 Å². The van der Waals surface area contributed by atoms with Gasteiger partial charge in [-0.15, -0.1) is 0 Å². The van der Waals surface area contributed by atoms with E-state index in [2.05, 4.69) is 42.9 Å². The first-order valence-electron chi connectivity index (χ1n) is 7.90. The van der Waals surface area contributed by atoms with E-state index in [0.29, 0.717) is 18.5 Å². The molecule has 6 nitrogen and oxygen atoms in total. The molecule has 1 fully saturated rings. The second-order valence-corrected chi connectivity index (χ2v) is 7.32. The van der Waals surface area contributed by atoms with Crippen LogP contribution in [0.15, 0.2) is 18.2 Å². The van der Waals surface area contributed by atoms with Crippen molar-refractivity contribution in [2.75, 3.05) is 11.9 Å². The number of nitrogens with zero attached hydrogens (tertiary/aromatic N) is 3. The molecule has 0 atom stereocenters. The molecule has 0 saturated heterocycles. The number of hydrogen-bond donors (Lipinski definition) is 2. The second kappa shape index (κ2) is 8.15. The van der Waals surface area contributed by atoms with Gasteiger partial charge < -0.3 is 15.2 Å². The molecule has 0 bridgehead atoms. The summed E-state index contributed by atoms with van der Waals surface area (Å²) in [6.07, 6.45) is 6.22. The Kier molecular flexibility index (Phi) is 5.94. The normalized spacial score (nSPS) is 15.2. The third-order valence-electron chi connectivity index (χ3n) is 3.96. The maximum absolute atomic E-state index is 9.57. The van der Waals surface area contributed by atoms with Crippen LogP contribution in [0.25, 0.3) is 0 Å². The lowest BCUT2D eigenvalue weighted by Gasteiger charge is -2.21. The number of rotatable bonds is 5. The minimum absolute atomic E-state index is 0.0830. The summed E-state index contributed by atoms with van der Waals surface area (Å²) in [5.41, 5.74) is 0.748. The van der Waals surface area contributed by atoms with E-state index in [9.17, 15) is 5.11 Å². The van der Waals surface area contributed by atoms with Crippen molar-refractivity contribution in [1.82, 2.24) is 15.0 Å². The highest BCUT2D eigenvalue weighted by molar-refractivity contribution is 14.1. The van der Waals surface area contributed by atoms with Gasteiger partial charge >= 0.3 is 6.01 Å². The fourth-order valence-electron chi connectivity index (χ4n) is 2.71. The molecule has 0 radical (unpaired) electrons. The molecule has 3 rings (SSSR count). The van der Waals surface area contributed by atoms with Gasteiger partial charge in [0.05, 0.1) is 10.2 Å². The molecule has 128 valence electrons. The summed E-state index contributed by atoms with van der Waals surface area (Å²) in [4.78, 5) is 12.4. The van der Waals surface area contributed by atoms with Crippen LogP contribution < -0.4 is 10.1 Å². The zero-order valence-electron chi connectivity index (χ0n) is 13.0. The average molecular weight is 461 g/mol. The maximum atomic E-state index is 9.57. The highest BCUT2D eigenvalue weighted by Gasteiger charge is 2.15. The first-order valence-corrected chi connectivity index (χ1v) is 9.36. The number of hydrogen-bond acceptors (Lipinski definition) is 6. The van der Waals surface area contributed by atoms with Crippen molar-refractivity contribution in [3.63, 3.8) is 0 Å². The summed E-state index contributed by atoms with van der Waals surface area (Å²) in [5.74, 6) is 1.10. The zero-order chi connectivity index (χ0) is 16.9. The van der Waals surface area contributed by atoms with Crippen molar-refractivity contribution < 1.29 is 9.84 Å². The van der Waals surface area contributed by atoms with Gasteiger partial charge in [0.2, 0.25) is 11.2 Å². The monoisotopic (exact) mass is 460 g/mol. The van der Waals surface area contributed by atoms with Crippen LogP contribution in [0.4, 0.5) is 11.6 Å². The van der Waals surface area contributed by atoms with E-state index in [0.717, 1.165) is 9.26 Å². The minimum atomic E-state index is 0.0830. The van der Waals surface area contributed by atoms with Crippen LogP contribution in [0.3, 0.4) is 0 Å². The standard InChI is InChI=1S/C16H18ClIN4O2/c17-14-20-15(19-11-6-7-13(23)12(18)8-11)22-16(21-14)24-9-10-4-2-1-3-5-10/h6-8,10,23H,1-5,9H2,(H,19,20,21,22). The fraction of sp³-hybridized carbons (Fsp3) is 0.438. The molecule has 1 aliphatic rings. The van der Waals surface area contributed by atoms with E-state index in [1.807, 2.05) is 0 Å². The summed E-state index contributed by atoms with van der Waals surface area (Å²) in [5, 5.41) is 12.7. The van der Waals surface area contributed by atoms with Gasteiger partial charge in [0.15, 0.2) is 0 Å². The molecule has 0 unspecified atom stereocenters. The highest BCUT2D eigenvalue weighted by atomic mass is 127. The molecule has 1 aliphatic carbocycles. The van der Waals surface area contributed by atoms with Gasteiger partial charge in [0.25, 0.3) is 0 Å². The molecule has 0 aliphatic heterocycles. The molecule has 0 amide bonds. The number of anilines is 2. The van der Waals surface area contributed by atoms with Gasteiger partial charge in [-0.2, -0.15) is 15.0 Å². The first-order chi connectivity index (χ1) is 11.6. The van der Waals surface area contributed by atoms with Crippen LogP contribution in [0.2, 0.25) is 5.28 Å². The summed E-state index contributed by atoms with van der Waals surface area (Å²) in [7, 11) is 0. The smallest absolute Gasteiger partial charge is 0.322 e. The molecule has 1 saturated carbocycles. The molecular weight excluding hydrogens is 443 g/mol. The summed E-state index contributed by atoms with van der Waals surface area (Å²) in [6, 6.07) is 5.36. The predicted molar refractivity (Wildman–Crippen MR) is 101 cm³/mol. The third-order valence-corrected chi connectivity index (χ3v) is 5.00. The van der Waals surface area contributed by atoms with Crippen molar-refractivity contribution in [3.05, 3.63) is 27.1 Å². The number of ether oxygens (including phenoxy) is 1. The van der Waals surface area contributed by atoms with Crippen molar-refractivity contribution in [1.29, 1.82) is 0 Å². The molecular formula is C16H18ClIN4O2. The van der Waals surface area contributed by atoms with E-state index in [1.165, 1.54) is 32.1 Å². The lowest BCUT2D eigenvalue weighted by molar-refractivity contribution is 0.196. The topological polar surface area (TPSA) is 80.2 Å². The van der Waals surface area contributed by atoms with E-state index >= 15 is 0 Å². The Bertz CT molecular complexity index is 710. The van der Waals surface area contributed by atoms with E-state index < -0.39 is 0 Å². The van der Waals surface area contributed by atoms with Crippen LogP contribution >= 0.6 is 34.2 Å². The van der Waals surface area contributed by atoms with E-state index in [4.69, 9.17) is 16.3 Å². The van der Waals surface area contributed by atoms with Crippen molar-refractivity contribution >= 4 is 45.8 Å². The SMILES string of the molecule is Oc1ccc(Nc2nc(Cl)nc(OCC3CCCCC3)n2)cc1I. The van der Waals surface area contributed by atoms with Gasteiger partial charge in [0.1, 0.15) is 5.75 Å². The largest absolute Gasteiger partial charge is 0.507 e. The number of halogens is 2. The van der Waals surface area contributed by atoms with Crippen LogP contribution in [-0.2, 0) is 0 Å². The first kappa shape index (κ1) is 17.5. The second-order valence-electron chi connectivity index (χ2n) is 5.82. The summed E-state index contributed by atoms with van der Waals surface area (Å²) in [6.45, 7) is 0.608. The van der Waals surface area contributed by atoms with E-state index in [1.54, 1.807) is 18.2 Å². The third kappa shape index (κ3) is 4.83. The Balaban J connectivity index is 1.67. The van der Waals surface area contributed by atoms with Crippen LogP contribution in [0, 0.1) is 9.49 Å². The average Bonchev–Trinajstić information content (AvgIpc) is 2.57. The van der Waals surface area contributed by atoms with Crippen molar-refractivity contribution in [2.24, 2.45) is 5.92 Å². The van der Waals surface area contributed by atoms with Crippen LogP contribution in [0.5, 0.6) is 11.8 Å². The molecule has 24 heavy (non-hydrogen) atoms. The number of phenols is 1. The molecule has 1 heterocycles. The highest BCUT2D eigenvalue weighted by Crippen LogP contribution is 2.26. The van der Waals surface area contributed by atoms with Gasteiger partial charge in [-0.1, -0.05) is 19.3 Å². The Morgan fingerprint density at radius 2 is 2.00 bits per heavy atom.